The van der Waals surface area contributed by atoms with E-state index in [2.05, 4.69) is 10.3 Å². The maximum absolute atomic E-state index is 13.5. The lowest BCUT2D eigenvalue weighted by molar-refractivity contribution is -0.128. The highest BCUT2D eigenvalue weighted by Crippen LogP contribution is 2.26. The molecule has 34 heavy (non-hydrogen) atoms. The Morgan fingerprint density at radius 1 is 1.06 bits per heavy atom. The van der Waals surface area contributed by atoms with Crippen molar-refractivity contribution < 1.29 is 22.7 Å². The number of hydrogen-bond acceptors (Lipinski definition) is 6. The summed E-state index contributed by atoms with van der Waals surface area (Å²) >= 11 is 0. The number of hydrogen-bond donors (Lipinski definition) is 1. The summed E-state index contributed by atoms with van der Waals surface area (Å²) in [6.07, 6.45) is 1.21. The van der Waals surface area contributed by atoms with Crippen LogP contribution in [0.3, 0.4) is 0 Å². The largest absolute Gasteiger partial charge is 0.481 e. The lowest BCUT2D eigenvalue weighted by atomic mass is 10.2. The number of methoxy groups -OCH3 is 1. The van der Waals surface area contributed by atoms with Crippen molar-refractivity contribution in [2.75, 3.05) is 24.5 Å². The first-order valence-corrected chi connectivity index (χ1v) is 12.4. The lowest BCUT2D eigenvalue weighted by Gasteiger charge is -2.26. The zero-order valence-corrected chi connectivity index (χ0v) is 20.3. The molecule has 0 fully saturated rings. The van der Waals surface area contributed by atoms with E-state index in [0.717, 1.165) is 0 Å². The summed E-state index contributed by atoms with van der Waals surface area (Å²) in [4.78, 5) is 17.1. The summed E-state index contributed by atoms with van der Waals surface area (Å²) < 4.78 is 39.2. The molecule has 1 amide bonds. The van der Waals surface area contributed by atoms with Gasteiger partial charge in [-0.05, 0) is 43.2 Å². The molecule has 1 unspecified atom stereocenters. The molecule has 0 saturated heterocycles. The highest BCUT2D eigenvalue weighted by Gasteiger charge is 2.27. The van der Waals surface area contributed by atoms with E-state index in [4.69, 9.17) is 9.47 Å². The Kier molecular flexibility index (Phi) is 8.48. The smallest absolute Gasteiger partial charge is 0.264 e. The Morgan fingerprint density at radius 3 is 2.38 bits per heavy atom. The molecule has 3 rings (SSSR count). The summed E-state index contributed by atoms with van der Waals surface area (Å²) in [6.45, 7) is 3.69. The maximum atomic E-state index is 13.5. The van der Waals surface area contributed by atoms with E-state index in [1.807, 2.05) is 25.1 Å². The van der Waals surface area contributed by atoms with Gasteiger partial charge in [0.15, 0.2) is 6.10 Å². The molecule has 8 nitrogen and oxygen atoms in total. The van der Waals surface area contributed by atoms with Gasteiger partial charge in [0.2, 0.25) is 5.88 Å². The molecule has 1 aromatic heterocycles. The van der Waals surface area contributed by atoms with Gasteiger partial charge in [0.1, 0.15) is 5.75 Å². The molecule has 0 spiro atoms. The van der Waals surface area contributed by atoms with Crippen LogP contribution in [0.2, 0.25) is 0 Å². The van der Waals surface area contributed by atoms with Crippen molar-refractivity contribution in [3.8, 4) is 11.6 Å². The van der Waals surface area contributed by atoms with Crippen LogP contribution >= 0.6 is 0 Å². The van der Waals surface area contributed by atoms with Crippen LogP contribution in [0, 0.1) is 6.92 Å². The number of amides is 1. The molecule has 1 N–H and O–H groups in total. The fourth-order valence-corrected chi connectivity index (χ4v) is 5.05. The highest BCUT2D eigenvalue weighted by molar-refractivity contribution is 7.92. The molecule has 0 aliphatic heterocycles. The van der Waals surface area contributed by atoms with Crippen LogP contribution in [-0.2, 0) is 14.8 Å². The van der Waals surface area contributed by atoms with E-state index >= 15 is 0 Å². The van der Waals surface area contributed by atoms with Crippen molar-refractivity contribution in [1.29, 1.82) is 0 Å². The van der Waals surface area contributed by atoms with Gasteiger partial charge in [-0.15, -0.1) is 0 Å². The Hall–Kier alpha value is -3.59. The molecule has 9 heteroatoms. The molecule has 1 atom stereocenters. The van der Waals surface area contributed by atoms with Crippen LogP contribution < -0.4 is 19.1 Å². The predicted octanol–water partition coefficient (Wildman–Crippen LogP) is 3.57. The van der Waals surface area contributed by atoms with Crippen molar-refractivity contribution >= 4 is 21.6 Å². The van der Waals surface area contributed by atoms with Gasteiger partial charge in [-0.3, -0.25) is 9.10 Å². The minimum atomic E-state index is -3.91. The number of nitrogens with one attached hydrogen (secondary N) is 1. The maximum Gasteiger partial charge on any atom is 0.264 e. The van der Waals surface area contributed by atoms with E-state index in [0.29, 0.717) is 29.3 Å². The van der Waals surface area contributed by atoms with Gasteiger partial charge in [-0.25, -0.2) is 13.4 Å². The molecule has 2 aromatic carbocycles. The molecule has 1 heterocycles. The third kappa shape index (κ3) is 6.05. The second kappa shape index (κ2) is 11.5. The Bertz CT molecular complexity index is 1180. The number of aromatic nitrogens is 1. The number of carbonyl (C=O) groups is 1. The van der Waals surface area contributed by atoms with E-state index < -0.39 is 16.1 Å². The van der Waals surface area contributed by atoms with Crippen molar-refractivity contribution in [3.05, 3.63) is 78.5 Å². The van der Waals surface area contributed by atoms with Gasteiger partial charge in [0, 0.05) is 12.6 Å². The fraction of sp³-hybridized carbons (Fsp3) is 0.280. The van der Waals surface area contributed by atoms with Crippen molar-refractivity contribution in [1.82, 2.24) is 10.3 Å². The molecule has 0 aliphatic rings. The number of anilines is 1. The summed E-state index contributed by atoms with van der Waals surface area (Å²) in [5.41, 5.74) is 0.992. The van der Waals surface area contributed by atoms with Gasteiger partial charge in [-0.1, -0.05) is 43.3 Å². The second-order valence-corrected chi connectivity index (χ2v) is 9.35. The van der Waals surface area contributed by atoms with Gasteiger partial charge in [-0.2, -0.15) is 0 Å². The molecule has 0 saturated carbocycles. The first-order chi connectivity index (χ1) is 16.4. The number of pyridine rings is 1. The first-order valence-electron chi connectivity index (χ1n) is 10.9. The zero-order chi connectivity index (χ0) is 24.6. The molecule has 0 aliphatic carbocycles. The van der Waals surface area contributed by atoms with Gasteiger partial charge in [0.05, 0.1) is 30.4 Å². The average molecular weight is 484 g/mol. The molecular formula is C25H29N3O5S. The predicted molar refractivity (Wildman–Crippen MR) is 131 cm³/mol. The summed E-state index contributed by atoms with van der Waals surface area (Å²) in [5, 5.41) is 2.80. The summed E-state index contributed by atoms with van der Waals surface area (Å²) in [5.74, 6) is 0.652. The number of benzene rings is 2. The van der Waals surface area contributed by atoms with E-state index in [9.17, 15) is 13.2 Å². The van der Waals surface area contributed by atoms with Crippen molar-refractivity contribution in [2.24, 2.45) is 0 Å². The van der Waals surface area contributed by atoms with Crippen LogP contribution in [0.5, 0.6) is 11.6 Å². The number of rotatable bonds is 11. The summed E-state index contributed by atoms with van der Waals surface area (Å²) in [6, 6.07) is 19.1. The Balaban J connectivity index is 1.77. The zero-order valence-electron chi connectivity index (χ0n) is 19.5. The average Bonchev–Trinajstić information content (AvgIpc) is 2.85. The number of aryl methyl sites for hydroxylation is 1. The number of para-hydroxylation sites is 1. The van der Waals surface area contributed by atoms with Gasteiger partial charge >= 0.3 is 0 Å². The first kappa shape index (κ1) is 25.0. The number of ether oxygens (including phenoxy) is 2. The van der Waals surface area contributed by atoms with E-state index in [1.54, 1.807) is 55.5 Å². The monoisotopic (exact) mass is 483 g/mol. The fourth-order valence-electron chi connectivity index (χ4n) is 3.37. The number of nitrogens with zero attached hydrogens (tertiary/aromatic N) is 2. The molecule has 0 radical (unpaired) electrons. The third-order valence-corrected chi connectivity index (χ3v) is 7.17. The lowest BCUT2D eigenvalue weighted by Crippen LogP contribution is -2.43. The summed E-state index contributed by atoms with van der Waals surface area (Å²) in [7, 11) is -2.42. The molecular weight excluding hydrogens is 454 g/mol. The normalized spacial score (nSPS) is 12.0. The minimum Gasteiger partial charge on any atom is -0.481 e. The molecule has 3 aromatic rings. The molecule has 180 valence electrons. The van der Waals surface area contributed by atoms with E-state index in [-0.39, 0.29) is 23.9 Å². The van der Waals surface area contributed by atoms with Crippen molar-refractivity contribution in [3.63, 3.8) is 0 Å². The van der Waals surface area contributed by atoms with Crippen LogP contribution in [-0.4, -0.2) is 45.6 Å². The van der Waals surface area contributed by atoms with Crippen LogP contribution in [0.15, 0.2) is 77.8 Å². The standard InChI is InChI=1S/C25H29N3O5S/c1-4-22(33-21-11-6-5-7-12-21)25(29)26-16-17-28(20-14-15-24(32-3)27-18-20)34(30,31)23-13-9-8-10-19(23)2/h5-15,18,22H,4,16-17H2,1-3H3,(H,26,29). The van der Waals surface area contributed by atoms with Gasteiger partial charge < -0.3 is 14.8 Å². The van der Waals surface area contributed by atoms with Crippen LogP contribution in [0.1, 0.15) is 18.9 Å². The van der Waals surface area contributed by atoms with Crippen molar-refractivity contribution in [2.45, 2.75) is 31.3 Å². The van der Waals surface area contributed by atoms with Gasteiger partial charge in [0.25, 0.3) is 15.9 Å². The topological polar surface area (TPSA) is 97.8 Å². The minimum absolute atomic E-state index is 0.0121. The van der Waals surface area contributed by atoms with E-state index in [1.165, 1.54) is 17.6 Å². The number of carbonyl (C=O) groups excluding carboxylic acids is 1. The highest BCUT2D eigenvalue weighted by atomic mass is 32.2. The van der Waals surface area contributed by atoms with Crippen LogP contribution in [0.4, 0.5) is 5.69 Å². The number of sulfonamides is 1. The molecule has 0 bridgehead atoms. The van der Waals surface area contributed by atoms with Crippen LogP contribution in [0.25, 0.3) is 0 Å². The quantitative estimate of drug-likeness (QED) is 0.448. The Morgan fingerprint density at radius 2 is 1.76 bits per heavy atom. The second-order valence-electron chi connectivity index (χ2n) is 7.52. The SMILES string of the molecule is CCC(Oc1ccccc1)C(=O)NCCN(c1ccc(OC)nc1)S(=O)(=O)c1ccccc1C. The third-order valence-electron chi connectivity index (χ3n) is 5.18. The Labute approximate surface area is 200 Å².